The van der Waals surface area contributed by atoms with Crippen LogP contribution in [0.5, 0.6) is 0 Å². The Labute approximate surface area is 190 Å². The molecule has 0 amide bonds. The van der Waals surface area contributed by atoms with Gasteiger partial charge >= 0.3 is 0 Å². The lowest BCUT2D eigenvalue weighted by Gasteiger charge is -2.39. The zero-order valence-corrected chi connectivity index (χ0v) is 20.1. The number of anilines is 2. The molecular formula is C28H41N3. The smallest absolute Gasteiger partial charge is 0.0437 e. The average Bonchev–Trinajstić information content (AvgIpc) is 2.81. The lowest BCUT2D eigenvalue weighted by molar-refractivity contribution is 0.166. The number of hydrogen-bond acceptors (Lipinski definition) is 3. The predicted molar refractivity (Wildman–Crippen MR) is 137 cm³/mol. The van der Waals surface area contributed by atoms with Gasteiger partial charge in [-0.2, -0.15) is 0 Å². The van der Waals surface area contributed by atoms with Gasteiger partial charge in [-0.1, -0.05) is 57.2 Å². The van der Waals surface area contributed by atoms with Crippen molar-refractivity contribution in [3.63, 3.8) is 0 Å². The molecule has 31 heavy (non-hydrogen) atoms. The molecule has 1 fully saturated rings. The van der Waals surface area contributed by atoms with Gasteiger partial charge in [-0.15, -0.1) is 0 Å². The van der Waals surface area contributed by atoms with Crippen LogP contribution in [0.2, 0.25) is 0 Å². The van der Waals surface area contributed by atoms with E-state index in [0.29, 0.717) is 0 Å². The molecule has 168 valence electrons. The number of rotatable bonds is 10. The molecule has 0 radical (unpaired) electrons. The normalized spacial score (nSPS) is 14.8. The molecule has 3 heteroatoms. The van der Waals surface area contributed by atoms with Crippen LogP contribution in [-0.2, 0) is 0 Å². The van der Waals surface area contributed by atoms with Crippen molar-refractivity contribution in [2.75, 3.05) is 43.0 Å². The van der Waals surface area contributed by atoms with Gasteiger partial charge in [0, 0.05) is 43.3 Å². The van der Waals surface area contributed by atoms with Crippen LogP contribution in [0.25, 0.3) is 5.70 Å². The summed E-state index contributed by atoms with van der Waals surface area (Å²) in [6.07, 6.45) is 6.38. The summed E-state index contributed by atoms with van der Waals surface area (Å²) in [6.45, 7) is 15.9. The van der Waals surface area contributed by atoms with Crippen LogP contribution in [0.1, 0.15) is 57.1 Å². The van der Waals surface area contributed by atoms with Crippen LogP contribution >= 0.6 is 0 Å². The van der Waals surface area contributed by atoms with E-state index in [1.54, 1.807) is 0 Å². The van der Waals surface area contributed by atoms with Crippen molar-refractivity contribution in [2.45, 2.75) is 58.9 Å². The maximum atomic E-state index is 4.41. The van der Waals surface area contributed by atoms with Crippen molar-refractivity contribution >= 4 is 17.1 Å². The Hall–Kier alpha value is -2.26. The summed E-state index contributed by atoms with van der Waals surface area (Å²) in [4.78, 5) is 7.51. The summed E-state index contributed by atoms with van der Waals surface area (Å²) in [5.41, 5.74) is 6.04. The molecule has 3 rings (SSSR count). The van der Waals surface area contributed by atoms with Gasteiger partial charge in [0.05, 0.1) is 0 Å². The number of para-hydroxylation sites is 1. The number of aryl methyl sites for hydroxylation is 1. The van der Waals surface area contributed by atoms with Crippen molar-refractivity contribution in [1.82, 2.24) is 4.90 Å². The average molecular weight is 420 g/mol. The molecule has 0 bridgehead atoms. The summed E-state index contributed by atoms with van der Waals surface area (Å²) in [7, 11) is 2.11. The molecule has 0 saturated carbocycles. The zero-order chi connectivity index (χ0) is 22.2. The first kappa shape index (κ1) is 23.4. The van der Waals surface area contributed by atoms with Gasteiger partial charge in [-0.05, 0) is 75.0 Å². The van der Waals surface area contributed by atoms with Crippen LogP contribution in [0.4, 0.5) is 11.4 Å². The number of benzene rings is 2. The maximum Gasteiger partial charge on any atom is 0.0437 e. The molecule has 0 spiro atoms. The summed E-state index contributed by atoms with van der Waals surface area (Å²) in [5, 5.41) is 0. The zero-order valence-electron chi connectivity index (χ0n) is 20.1. The Morgan fingerprint density at radius 3 is 2.42 bits per heavy atom. The van der Waals surface area contributed by atoms with Gasteiger partial charge in [-0.25, -0.2) is 0 Å². The monoisotopic (exact) mass is 419 g/mol. The van der Waals surface area contributed by atoms with Gasteiger partial charge in [0.15, 0.2) is 0 Å². The first-order valence-electron chi connectivity index (χ1n) is 12.1. The van der Waals surface area contributed by atoms with Crippen molar-refractivity contribution in [1.29, 1.82) is 0 Å². The summed E-state index contributed by atoms with van der Waals surface area (Å²) in [5.74, 6) is 0. The Morgan fingerprint density at radius 2 is 1.74 bits per heavy atom. The summed E-state index contributed by atoms with van der Waals surface area (Å²) < 4.78 is 0. The quantitative estimate of drug-likeness (QED) is 0.430. The van der Waals surface area contributed by atoms with Crippen molar-refractivity contribution < 1.29 is 0 Å². The van der Waals surface area contributed by atoms with E-state index in [0.717, 1.165) is 24.8 Å². The minimum Gasteiger partial charge on any atom is -0.371 e. The maximum absolute atomic E-state index is 4.41. The first-order chi connectivity index (χ1) is 15.0. The van der Waals surface area contributed by atoms with E-state index < -0.39 is 0 Å². The Kier molecular flexibility index (Phi) is 8.60. The number of unbranched alkanes of at least 4 members (excludes halogenated alkanes) is 1. The van der Waals surface area contributed by atoms with Gasteiger partial charge in [-0.3, -0.25) is 0 Å². The minimum absolute atomic E-state index is 0.744. The van der Waals surface area contributed by atoms with Crippen LogP contribution in [0.15, 0.2) is 55.1 Å². The van der Waals surface area contributed by atoms with Crippen molar-refractivity contribution in [3.8, 4) is 0 Å². The van der Waals surface area contributed by atoms with Gasteiger partial charge in [0.25, 0.3) is 0 Å². The van der Waals surface area contributed by atoms with E-state index in [-0.39, 0.29) is 0 Å². The second-order valence-electron chi connectivity index (χ2n) is 8.95. The van der Waals surface area contributed by atoms with E-state index in [4.69, 9.17) is 0 Å². The molecule has 1 saturated heterocycles. The third-order valence-corrected chi connectivity index (χ3v) is 6.72. The SMILES string of the molecule is C=C(c1cccc(N2CCC(N(CCC)CCCC)CC2)c1)N(C)c1ccccc1C. The van der Waals surface area contributed by atoms with Crippen LogP contribution in [0.3, 0.4) is 0 Å². The molecule has 3 nitrogen and oxygen atoms in total. The fourth-order valence-electron chi connectivity index (χ4n) is 4.78. The van der Waals surface area contributed by atoms with Crippen molar-refractivity contribution in [2.24, 2.45) is 0 Å². The molecule has 0 aliphatic carbocycles. The van der Waals surface area contributed by atoms with E-state index in [1.807, 2.05) is 0 Å². The lowest BCUT2D eigenvalue weighted by Crippen LogP contribution is -2.45. The number of nitrogens with zero attached hydrogens (tertiary/aromatic N) is 3. The highest BCUT2D eigenvalue weighted by atomic mass is 15.2. The first-order valence-corrected chi connectivity index (χ1v) is 12.1. The van der Waals surface area contributed by atoms with Crippen molar-refractivity contribution in [3.05, 3.63) is 66.2 Å². The molecule has 0 unspecified atom stereocenters. The van der Waals surface area contributed by atoms with E-state index in [9.17, 15) is 0 Å². The summed E-state index contributed by atoms with van der Waals surface area (Å²) in [6, 6.07) is 18.2. The molecule has 0 aromatic heterocycles. The lowest BCUT2D eigenvalue weighted by atomic mass is 10.0. The molecular weight excluding hydrogens is 378 g/mol. The van der Waals surface area contributed by atoms with Gasteiger partial charge in [0.1, 0.15) is 0 Å². The largest absolute Gasteiger partial charge is 0.371 e. The molecule has 2 aromatic rings. The molecule has 0 N–H and O–H groups in total. The molecule has 1 aliphatic rings. The molecule has 2 aromatic carbocycles. The standard InChI is InChI=1S/C28H41N3/c1-6-8-19-30(18-7-2)26-16-20-31(21-17-26)27-14-11-13-25(22-27)24(4)29(5)28-15-10-9-12-23(28)3/h9-15,22,26H,4,6-8,16-21H2,1-3,5H3. The summed E-state index contributed by atoms with van der Waals surface area (Å²) >= 11 is 0. The highest BCUT2D eigenvalue weighted by molar-refractivity contribution is 5.80. The van der Waals surface area contributed by atoms with E-state index in [1.165, 1.54) is 67.7 Å². The molecule has 0 atom stereocenters. The number of hydrogen-bond donors (Lipinski definition) is 0. The Morgan fingerprint density at radius 1 is 1.00 bits per heavy atom. The van der Waals surface area contributed by atoms with E-state index >= 15 is 0 Å². The predicted octanol–water partition coefficient (Wildman–Crippen LogP) is 6.58. The third kappa shape index (κ3) is 5.92. The molecule has 1 aliphatic heterocycles. The second kappa shape index (κ2) is 11.4. The highest BCUT2D eigenvalue weighted by Crippen LogP contribution is 2.29. The highest BCUT2D eigenvalue weighted by Gasteiger charge is 2.24. The molecule has 1 heterocycles. The Bertz CT molecular complexity index is 836. The van der Waals surface area contributed by atoms with Crippen LogP contribution in [0, 0.1) is 6.92 Å². The third-order valence-electron chi connectivity index (χ3n) is 6.72. The van der Waals surface area contributed by atoms with Gasteiger partial charge in [0.2, 0.25) is 0 Å². The second-order valence-corrected chi connectivity index (χ2v) is 8.95. The Balaban J connectivity index is 1.66. The van der Waals surface area contributed by atoms with E-state index in [2.05, 4.69) is 97.6 Å². The topological polar surface area (TPSA) is 9.72 Å². The fraction of sp³-hybridized carbons (Fsp3) is 0.500. The minimum atomic E-state index is 0.744. The number of piperidine rings is 1. The van der Waals surface area contributed by atoms with Gasteiger partial charge < -0.3 is 14.7 Å². The fourth-order valence-corrected chi connectivity index (χ4v) is 4.78. The van der Waals surface area contributed by atoms with Crippen LogP contribution < -0.4 is 9.80 Å². The van der Waals surface area contributed by atoms with Crippen LogP contribution in [-0.4, -0.2) is 44.2 Å².